The van der Waals surface area contributed by atoms with Crippen molar-refractivity contribution in [3.8, 4) is 0 Å². The number of nitrogens with zero attached hydrogens (tertiary/aromatic N) is 2. The highest BCUT2D eigenvalue weighted by molar-refractivity contribution is 8.15. The van der Waals surface area contributed by atoms with E-state index >= 15 is 0 Å². The number of nitrogens with one attached hydrogen (secondary N) is 1. The Balaban J connectivity index is 1.81. The third-order valence-electron chi connectivity index (χ3n) is 4.04. The van der Waals surface area contributed by atoms with Gasteiger partial charge in [-0.3, -0.25) is 4.79 Å². The molecule has 1 N–H and O–H groups in total. The molecule has 0 unspecified atom stereocenters. The van der Waals surface area contributed by atoms with E-state index in [9.17, 15) is 4.79 Å². The Morgan fingerprint density at radius 3 is 2.25 bits per heavy atom. The summed E-state index contributed by atoms with van der Waals surface area (Å²) < 4.78 is 0. The largest absolute Gasteiger partial charge is 0.303 e. The van der Waals surface area contributed by atoms with Gasteiger partial charge in [-0.05, 0) is 34.5 Å². The van der Waals surface area contributed by atoms with Crippen LogP contribution in [-0.4, -0.2) is 22.5 Å². The van der Waals surface area contributed by atoms with Crippen LogP contribution in [0.15, 0.2) is 64.8 Å². The first-order valence-electron chi connectivity index (χ1n) is 7.71. The molecule has 118 valence electrons. The van der Waals surface area contributed by atoms with Gasteiger partial charge in [-0.2, -0.15) is 5.10 Å². The zero-order chi connectivity index (χ0) is 16.5. The molecule has 0 radical (unpaired) electrons. The van der Waals surface area contributed by atoms with Gasteiger partial charge in [0.15, 0.2) is 5.17 Å². The lowest BCUT2D eigenvalue weighted by atomic mass is 9.97. The summed E-state index contributed by atoms with van der Waals surface area (Å²) in [6.07, 6.45) is 1.77. The number of thioether (sulfide) groups is 1. The Kier molecular flexibility index (Phi) is 3.78. The van der Waals surface area contributed by atoms with Crippen molar-refractivity contribution in [2.45, 2.75) is 12.2 Å². The van der Waals surface area contributed by atoms with Crippen LogP contribution in [0.1, 0.15) is 12.5 Å². The lowest BCUT2D eigenvalue weighted by Gasteiger charge is -2.07. The predicted octanol–water partition coefficient (Wildman–Crippen LogP) is 3.93. The number of hydrogen-bond donors (Lipinski definition) is 1. The molecule has 1 atom stereocenters. The smallest absolute Gasteiger partial charge is 0.239 e. The fourth-order valence-electron chi connectivity index (χ4n) is 2.83. The maximum absolute atomic E-state index is 11.5. The molecular formula is C19H15N3OS. The van der Waals surface area contributed by atoms with Crippen LogP contribution in [0.2, 0.25) is 0 Å². The summed E-state index contributed by atoms with van der Waals surface area (Å²) in [6, 6.07) is 18.7. The number of benzene rings is 3. The molecule has 3 aromatic carbocycles. The van der Waals surface area contributed by atoms with E-state index in [0.29, 0.717) is 5.17 Å². The van der Waals surface area contributed by atoms with E-state index in [1.54, 1.807) is 6.21 Å². The maximum atomic E-state index is 11.5. The lowest BCUT2D eigenvalue weighted by Crippen LogP contribution is -2.23. The molecule has 1 aliphatic heterocycles. The number of carbonyl (C=O) groups excluding carboxylic acids is 1. The quantitative estimate of drug-likeness (QED) is 0.439. The molecular weight excluding hydrogens is 318 g/mol. The van der Waals surface area contributed by atoms with Crippen molar-refractivity contribution in [1.82, 2.24) is 5.32 Å². The minimum atomic E-state index is -0.114. The summed E-state index contributed by atoms with van der Waals surface area (Å²) in [5.74, 6) is -0.0236. The summed E-state index contributed by atoms with van der Waals surface area (Å²) in [4.78, 5) is 11.5. The summed E-state index contributed by atoms with van der Waals surface area (Å²) in [5.41, 5.74) is 1.04. The molecule has 4 rings (SSSR count). The molecule has 3 aromatic rings. The van der Waals surface area contributed by atoms with Crippen LogP contribution in [0.25, 0.3) is 21.5 Å². The molecule has 1 heterocycles. The van der Waals surface area contributed by atoms with E-state index in [2.05, 4.69) is 45.9 Å². The number of hydrogen-bond acceptors (Lipinski definition) is 4. The molecule has 24 heavy (non-hydrogen) atoms. The highest BCUT2D eigenvalue weighted by Gasteiger charge is 2.25. The van der Waals surface area contributed by atoms with E-state index in [4.69, 9.17) is 0 Å². The maximum Gasteiger partial charge on any atom is 0.239 e. The van der Waals surface area contributed by atoms with Crippen LogP contribution in [0.5, 0.6) is 0 Å². The van der Waals surface area contributed by atoms with Gasteiger partial charge in [0.05, 0.1) is 11.5 Å². The monoisotopic (exact) mass is 333 g/mol. The Morgan fingerprint density at radius 2 is 1.67 bits per heavy atom. The Labute approximate surface area is 143 Å². The molecule has 1 aliphatic rings. The van der Waals surface area contributed by atoms with Crippen molar-refractivity contribution in [3.63, 3.8) is 0 Å². The fourth-order valence-corrected chi connectivity index (χ4v) is 3.59. The van der Waals surface area contributed by atoms with Gasteiger partial charge in [0.2, 0.25) is 5.91 Å². The minimum absolute atomic E-state index is 0.0236. The van der Waals surface area contributed by atoms with Crippen LogP contribution in [0.3, 0.4) is 0 Å². The second-order valence-corrected chi connectivity index (χ2v) is 6.96. The highest BCUT2D eigenvalue weighted by atomic mass is 32.2. The molecule has 0 aromatic heterocycles. The number of carbonyl (C=O) groups is 1. The first-order valence-corrected chi connectivity index (χ1v) is 8.59. The van der Waals surface area contributed by atoms with E-state index < -0.39 is 0 Å². The zero-order valence-electron chi connectivity index (χ0n) is 13.1. The van der Waals surface area contributed by atoms with Gasteiger partial charge in [-0.25, -0.2) is 0 Å². The number of amidine groups is 1. The van der Waals surface area contributed by atoms with Crippen LogP contribution in [-0.2, 0) is 4.79 Å². The van der Waals surface area contributed by atoms with Gasteiger partial charge in [0.25, 0.3) is 0 Å². The molecule has 4 nitrogen and oxygen atoms in total. The number of rotatable bonds is 2. The van der Waals surface area contributed by atoms with Gasteiger partial charge < -0.3 is 5.32 Å². The summed E-state index contributed by atoms with van der Waals surface area (Å²) in [7, 11) is 0. The minimum Gasteiger partial charge on any atom is -0.303 e. The molecule has 0 saturated carbocycles. The van der Waals surface area contributed by atoms with Crippen LogP contribution in [0.4, 0.5) is 0 Å². The second-order valence-electron chi connectivity index (χ2n) is 5.63. The van der Waals surface area contributed by atoms with E-state index in [0.717, 1.165) is 16.3 Å². The topological polar surface area (TPSA) is 53.8 Å². The molecule has 1 amide bonds. The number of fused-ring (bicyclic) bond motifs is 2. The zero-order valence-corrected chi connectivity index (χ0v) is 13.9. The van der Waals surface area contributed by atoms with Crippen molar-refractivity contribution >= 4 is 50.6 Å². The molecule has 0 aliphatic carbocycles. The fraction of sp³-hybridized carbons (Fsp3) is 0.105. The Bertz CT molecular complexity index is 956. The Morgan fingerprint density at radius 1 is 1.04 bits per heavy atom. The average molecular weight is 333 g/mol. The molecule has 1 fully saturated rings. The van der Waals surface area contributed by atoms with Crippen LogP contribution >= 0.6 is 11.8 Å². The van der Waals surface area contributed by atoms with Crippen molar-refractivity contribution in [1.29, 1.82) is 0 Å². The normalized spacial score (nSPS) is 19.6. The van der Waals surface area contributed by atoms with Crippen LogP contribution in [0, 0.1) is 0 Å². The van der Waals surface area contributed by atoms with Gasteiger partial charge >= 0.3 is 0 Å². The SMILES string of the molecule is C[C@@H]1SC(=NN=Cc2c3ccccc3cc3ccccc23)NC1=O. The summed E-state index contributed by atoms with van der Waals surface area (Å²) in [6.45, 7) is 1.85. The van der Waals surface area contributed by atoms with Crippen LogP contribution < -0.4 is 5.32 Å². The Hall–Kier alpha value is -2.66. The third kappa shape index (κ3) is 2.67. The van der Waals surface area contributed by atoms with Crippen molar-refractivity contribution < 1.29 is 4.79 Å². The predicted molar refractivity (Wildman–Crippen MR) is 102 cm³/mol. The van der Waals surface area contributed by atoms with Crippen molar-refractivity contribution in [3.05, 3.63) is 60.2 Å². The van der Waals surface area contributed by atoms with Crippen molar-refractivity contribution in [2.75, 3.05) is 0 Å². The lowest BCUT2D eigenvalue weighted by molar-refractivity contribution is -0.118. The summed E-state index contributed by atoms with van der Waals surface area (Å²) >= 11 is 1.39. The second kappa shape index (κ2) is 6.09. The molecule has 0 spiro atoms. The number of amides is 1. The summed E-state index contributed by atoms with van der Waals surface area (Å²) in [5, 5.41) is 16.1. The van der Waals surface area contributed by atoms with E-state index in [1.165, 1.54) is 22.5 Å². The van der Waals surface area contributed by atoms with Gasteiger partial charge in [0, 0.05) is 5.56 Å². The first-order chi connectivity index (χ1) is 11.7. The highest BCUT2D eigenvalue weighted by Crippen LogP contribution is 2.27. The van der Waals surface area contributed by atoms with E-state index in [-0.39, 0.29) is 11.2 Å². The molecule has 5 heteroatoms. The molecule has 1 saturated heterocycles. The average Bonchev–Trinajstić information content (AvgIpc) is 2.92. The van der Waals surface area contributed by atoms with Gasteiger partial charge in [0.1, 0.15) is 0 Å². The third-order valence-corrected chi connectivity index (χ3v) is 5.01. The van der Waals surface area contributed by atoms with E-state index in [1.807, 2.05) is 31.2 Å². The van der Waals surface area contributed by atoms with Gasteiger partial charge in [-0.1, -0.05) is 60.3 Å². The molecule has 0 bridgehead atoms. The van der Waals surface area contributed by atoms with Gasteiger partial charge in [-0.15, -0.1) is 5.10 Å². The first kappa shape index (κ1) is 14.9. The standard InChI is InChI=1S/C19H15N3OS/c1-12-18(23)21-19(24-12)22-20-11-17-15-8-4-2-6-13(15)10-14-7-3-5-9-16(14)17/h2-12H,1H3,(H,21,22,23)/t12-/m0/s1. The van der Waals surface area contributed by atoms with Crippen molar-refractivity contribution in [2.24, 2.45) is 10.2 Å².